The zero-order valence-corrected chi connectivity index (χ0v) is 13.5. The summed E-state index contributed by atoms with van der Waals surface area (Å²) in [6.45, 7) is 1.55. The van der Waals surface area contributed by atoms with Crippen LogP contribution in [0.25, 0.3) is 0 Å². The number of rotatable bonds is 5. The largest absolute Gasteiger partial charge is 0.485 e. The number of benzene rings is 1. The number of carbonyl (C=O) groups is 2. The van der Waals surface area contributed by atoms with Crippen molar-refractivity contribution in [3.05, 3.63) is 48.4 Å². The molecule has 3 rings (SSSR count). The fraction of sp³-hybridized carbons (Fsp3) is 0.235. The lowest BCUT2D eigenvalue weighted by atomic mass is 10.2. The number of nitrogens with one attached hydrogen (secondary N) is 2. The normalized spacial score (nSPS) is 16.2. The number of ether oxygens (including phenoxy) is 2. The lowest BCUT2D eigenvalue weighted by molar-refractivity contribution is -0.132. The molecule has 1 aromatic carbocycles. The first-order valence-electron chi connectivity index (χ1n) is 7.66. The molecule has 2 heterocycles. The van der Waals surface area contributed by atoms with Crippen molar-refractivity contribution in [3.63, 3.8) is 0 Å². The summed E-state index contributed by atoms with van der Waals surface area (Å²) < 4.78 is 16.2. The minimum absolute atomic E-state index is 0.0836. The van der Waals surface area contributed by atoms with Gasteiger partial charge in [0.2, 0.25) is 6.10 Å². The topological polar surface area (TPSA) is 102 Å². The van der Waals surface area contributed by atoms with E-state index in [1.807, 2.05) is 6.07 Å². The Labute approximate surface area is 143 Å². The highest BCUT2D eigenvalue weighted by Crippen LogP contribution is 2.30. The summed E-state index contributed by atoms with van der Waals surface area (Å²) in [4.78, 5) is 23.9. The maximum absolute atomic E-state index is 12.1. The maximum Gasteiger partial charge on any atom is 0.265 e. The lowest BCUT2D eigenvalue weighted by Gasteiger charge is -2.25. The van der Waals surface area contributed by atoms with Gasteiger partial charge in [-0.1, -0.05) is 12.1 Å². The molecular weight excluding hydrogens is 326 g/mol. The quantitative estimate of drug-likeness (QED) is 0.625. The summed E-state index contributed by atoms with van der Waals surface area (Å²) in [5.74, 6) is 0.743. The number of amides is 2. The lowest BCUT2D eigenvalue weighted by Crippen LogP contribution is -2.46. The van der Waals surface area contributed by atoms with Crippen molar-refractivity contribution in [1.82, 2.24) is 10.7 Å². The number of para-hydroxylation sites is 2. The van der Waals surface area contributed by atoms with Crippen LogP contribution in [0.2, 0.25) is 0 Å². The van der Waals surface area contributed by atoms with Crippen LogP contribution in [0.4, 0.5) is 0 Å². The van der Waals surface area contributed by atoms with Crippen molar-refractivity contribution in [3.8, 4) is 11.5 Å². The van der Waals surface area contributed by atoms with Crippen molar-refractivity contribution >= 4 is 17.5 Å². The van der Waals surface area contributed by atoms with Crippen molar-refractivity contribution < 1.29 is 23.5 Å². The second-order valence-electron chi connectivity index (χ2n) is 5.29. The molecule has 0 radical (unpaired) electrons. The molecule has 1 aliphatic rings. The van der Waals surface area contributed by atoms with Crippen LogP contribution in [0.5, 0.6) is 11.5 Å². The Hall–Kier alpha value is -3.29. The zero-order chi connectivity index (χ0) is 17.6. The van der Waals surface area contributed by atoms with Crippen molar-refractivity contribution in [2.24, 2.45) is 5.10 Å². The Morgan fingerprint density at radius 3 is 2.76 bits per heavy atom. The van der Waals surface area contributed by atoms with Crippen LogP contribution in [0, 0.1) is 0 Å². The van der Waals surface area contributed by atoms with Gasteiger partial charge in [-0.15, -0.1) is 0 Å². The Morgan fingerprint density at radius 1 is 1.20 bits per heavy atom. The average molecular weight is 343 g/mol. The van der Waals surface area contributed by atoms with Crippen LogP contribution in [0.3, 0.4) is 0 Å². The standard InChI is InChI=1S/C17H17N3O5/c1-11(12-7-4-8-23-12)19-20-16(21)9-18-17(22)15-10-24-13-5-2-3-6-14(13)25-15/h2-8,15H,9-10H2,1H3,(H,18,22)(H,20,21)/b19-11-/t15-/m0/s1. The molecule has 2 amide bonds. The van der Waals surface area contributed by atoms with Crippen molar-refractivity contribution in [2.45, 2.75) is 13.0 Å². The molecule has 0 fully saturated rings. The van der Waals surface area contributed by atoms with Gasteiger partial charge in [0.05, 0.1) is 12.8 Å². The predicted molar refractivity (Wildman–Crippen MR) is 88.4 cm³/mol. The molecule has 0 aliphatic carbocycles. The van der Waals surface area contributed by atoms with Gasteiger partial charge in [-0.3, -0.25) is 9.59 Å². The summed E-state index contributed by atoms with van der Waals surface area (Å²) in [7, 11) is 0. The van der Waals surface area contributed by atoms with E-state index in [9.17, 15) is 9.59 Å². The molecule has 0 saturated heterocycles. The SMILES string of the molecule is C/C(=N/NC(=O)CNC(=O)[C@@H]1COc2ccccc2O1)c1ccco1. The number of furan rings is 1. The molecule has 8 heteroatoms. The van der Waals surface area contributed by atoms with E-state index in [4.69, 9.17) is 13.9 Å². The monoisotopic (exact) mass is 343 g/mol. The molecule has 1 aromatic heterocycles. The van der Waals surface area contributed by atoms with Crippen LogP contribution in [0.15, 0.2) is 52.2 Å². The first-order chi connectivity index (χ1) is 12.1. The molecule has 0 unspecified atom stereocenters. The number of carbonyl (C=O) groups excluding carboxylic acids is 2. The van der Waals surface area contributed by atoms with Crippen LogP contribution in [-0.4, -0.2) is 36.8 Å². The first-order valence-corrected chi connectivity index (χ1v) is 7.66. The first kappa shape index (κ1) is 16.6. The smallest absolute Gasteiger partial charge is 0.265 e. The summed E-state index contributed by atoms with van der Waals surface area (Å²) >= 11 is 0. The van der Waals surface area contributed by atoms with Crippen LogP contribution in [0.1, 0.15) is 12.7 Å². The molecule has 1 atom stereocenters. The van der Waals surface area contributed by atoms with E-state index in [2.05, 4.69) is 15.8 Å². The van der Waals surface area contributed by atoms with Crippen LogP contribution >= 0.6 is 0 Å². The minimum Gasteiger partial charge on any atom is -0.485 e. The summed E-state index contributed by atoms with van der Waals surface area (Å²) in [5, 5.41) is 6.40. The van der Waals surface area contributed by atoms with Crippen LogP contribution in [-0.2, 0) is 9.59 Å². The zero-order valence-electron chi connectivity index (χ0n) is 13.5. The third kappa shape index (κ3) is 4.17. The van der Waals surface area contributed by atoms with E-state index in [-0.39, 0.29) is 13.2 Å². The van der Waals surface area contributed by atoms with Gasteiger partial charge in [-0.25, -0.2) is 5.43 Å². The highest BCUT2D eigenvalue weighted by molar-refractivity contribution is 5.97. The fourth-order valence-electron chi connectivity index (χ4n) is 2.16. The van der Waals surface area contributed by atoms with Gasteiger partial charge >= 0.3 is 0 Å². The Balaban J connectivity index is 1.46. The molecule has 0 bridgehead atoms. The molecule has 2 N–H and O–H groups in total. The number of hydrogen-bond donors (Lipinski definition) is 2. The minimum atomic E-state index is -0.809. The maximum atomic E-state index is 12.1. The van der Waals surface area contributed by atoms with Crippen LogP contribution < -0.4 is 20.2 Å². The predicted octanol–water partition coefficient (Wildman–Crippen LogP) is 1.08. The second-order valence-corrected chi connectivity index (χ2v) is 5.29. The Morgan fingerprint density at radius 2 is 2.00 bits per heavy atom. The second kappa shape index (κ2) is 7.52. The highest BCUT2D eigenvalue weighted by Gasteiger charge is 2.27. The third-order valence-corrected chi connectivity index (χ3v) is 3.45. The van der Waals surface area contributed by atoms with E-state index < -0.39 is 17.9 Å². The van der Waals surface area contributed by atoms with E-state index in [1.165, 1.54) is 6.26 Å². The van der Waals surface area contributed by atoms with Gasteiger partial charge < -0.3 is 19.2 Å². The third-order valence-electron chi connectivity index (χ3n) is 3.45. The molecule has 130 valence electrons. The average Bonchev–Trinajstić information content (AvgIpc) is 3.18. The molecule has 0 spiro atoms. The van der Waals surface area contributed by atoms with Gasteiger partial charge in [0.25, 0.3) is 11.8 Å². The van der Waals surface area contributed by atoms with Crippen molar-refractivity contribution in [2.75, 3.05) is 13.2 Å². The molecule has 25 heavy (non-hydrogen) atoms. The molecule has 1 aliphatic heterocycles. The Kier molecular flexibility index (Phi) is 4.98. The number of nitrogens with zero attached hydrogens (tertiary/aromatic N) is 1. The molecule has 2 aromatic rings. The Bertz CT molecular complexity index is 785. The van der Waals surface area contributed by atoms with Gasteiger partial charge in [-0.05, 0) is 31.2 Å². The molecular formula is C17H17N3O5. The van der Waals surface area contributed by atoms with E-state index in [0.29, 0.717) is 23.0 Å². The van der Waals surface area contributed by atoms with Crippen molar-refractivity contribution in [1.29, 1.82) is 0 Å². The summed E-state index contributed by atoms with van der Waals surface area (Å²) in [6, 6.07) is 10.5. The van der Waals surface area contributed by atoms with Gasteiger partial charge in [0.15, 0.2) is 11.5 Å². The summed E-state index contributed by atoms with van der Waals surface area (Å²) in [6.07, 6.45) is 0.705. The number of fused-ring (bicyclic) bond motifs is 1. The van der Waals surface area contributed by atoms with E-state index in [1.54, 1.807) is 37.3 Å². The molecule has 8 nitrogen and oxygen atoms in total. The molecule has 0 saturated carbocycles. The van der Waals surface area contributed by atoms with E-state index in [0.717, 1.165) is 0 Å². The van der Waals surface area contributed by atoms with Gasteiger partial charge in [0.1, 0.15) is 18.1 Å². The van der Waals surface area contributed by atoms with Gasteiger partial charge in [-0.2, -0.15) is 5.10 Å². The highest BCUT2D eigenvalue weighted by atomic mass is 16.6. The summed E-state index contributed by atoms with van der Waals surface area (Å²) in [5.41, 5.74) is 2.87. The van der Waals surface area contributed by atoms with Gasteiger partial charge in [0, 0.05) is 0 Å². The fourth-order valence-corrected chi connectivity index (χ4v) is 2.16. The number of hydrogen-bond acceptors (Lipinski definition) is 6. The number of hydrazone groups is 1. The van der Waals surface area contributed by atoms with E-state index >= 15 is 0 Å².